The van der Waals surface area contributed by atoms with E-state index in [1.807, 2.05) is 6.92 Å². The van der Waals surface area contributed by atoms with Crippen LogP contribution >= 0.6 is 0 Å². The van der Waals surface area contributed by atoms with Crippen LogP contribution in [0.3, 0.4) is 0 Å². The topological polar surface area (TPSA) is 42.1 Å². The van der Waals surface area contributed by atoms with Gasteiger partial charge in [-0.2, -0.15) is 0 Å². The molecular formula is C12H12FNO2. The molecule has 16 heavy (non-hydrogen) atoms. The van der Waals surface area contributed by atoms with Crippen molar-refractivity contribution in [2.75, 3.05) is 7.11 Å². The molecule has 84 valence electrons. The van der Waals surface area contributed by atoms with Gasteiger partial charge in [-0.1, -0.05) is 6.92 Å². The van der Waals surface area contributed by atoms with Crippen LogP contribution < -0.4 is 10.3 Å². The molecule has 0 unspecified atom stereocenters. The molecule has 3 nitrogen and oxygen atoms in total. The maximum absolute atomic E-state index is 13.8. The highest BCUT2D eigenvalue weighted by molar-refractivity contribution is 5.81. The van der Waals surface area contributed by atoms with E-state index < -0.39 is 5.82 Å². The Hall–Kier alpha value is -1.84. The van der Waals surface area contributed by atoms with Crippen molar-refractivity contribution in [1.82, 2.24) is 4.98 Å². The molecular weight excluding hydrogens is 209 g/mol. The lowest BCUT2D eigenvalue weighted by Gasteiger charge is -2.06. The quantitative estimate of drug-likeness (QED) is 0.845. The number of fused-ring (bicyclic) bond motifs is 1. The average molecular weight is 221 g/mol. The molecule has 0 aliphatic carbocycles. The first-order chi connectivity index (χ1) is 7.67. The summed E-state index contributed by atoms with van der Waals surface area (Å²) in [5.41, 5.74) is 0.598. The molecule has 0 radical (unpaired) electrons. The highest BCUT2D eigenvalue weighted by Crippen LogP contribution is 2.24. The van der Waals surface area contributed by atoms with E-state index >= 15 is 0 Å². The first-order valence-corrected chi connectivity index (χ1v) is 5.05. The SMILES string of the molecule is CCc1cc2ccc(OC)c(F)c2[nH]c1=O. The fraction of sp³-hybridized carbons (Fsp3) is 0.250. The summed E-state index contributed by atoms with van der Waals surface area (Å²) in [5.74, 6) is -0.396. The Morgan fingerprint density at radius 1 is 1.44 bits per heavy atom. The van der Waals surface area contributed by atoms with Gasteiger partial charge in [-0.15, -0.1) is 0 Å². The zero-order valence-corrected chi connectivity index (χ0v) is 9.13. The fourth-order valence-corrected chi connectivity index (χ4v) is 1.69. The third-order valence-corrected chi connectivity index (χ3v) is 2.60. The molecule has 1 N–H and O–H groups in total. The van der Waals surface area contributed by atoms with Gasteiger partial charge in [0.15, 0.2) is 11.6 Å². The van der Waals surface area contributed by atoms with Gasteiger partial charge in [-0.05, 0) is 24.6 Å². The third-order valence-electron chi connectivity index (χ3n) is 2.60. The summed E-state index contributed by atoms with van der Waals surface area (Å²) >= 11 is 0. The normalized spacial score (nSPS) is 10.7. The predicted octanol–water partition coefficient (Wildman–Crippen LogP) is 2.24. The Balaban J connectivity index is 2.81. The number of halogens is 1. The summed E-state index contributed by atoms with van der Waals surface area (Å²) in [6.45, 7) is 1.89. The van der Waals surface area contributed by atoms with Crippen molar-refractivity contribution in [1.29, 1.82) is 0 Å². The standard InChI is InChI=1S/C12H12FNO2/c1-3-7-6-8-4-5-9(16-2)10(13)11(8)14-12(7)15/h4-6H,3H2,1-2H3,(H,14,15). The summed E-state index contributed by atoms with van der Waals surface area (Å²) < 4.78 is 18.6. The molecule has 0 amide bonds. The van der Waals surface area contributed by atoms with E-state index in [1.165, 1.54) is 7.11 Å². The molecule has 1 aromatic carbocycles. The zero-order valence-electron chi connectivity index (χ0n) is 9.13. The van der Waals surface area contributed by atoms with Gasteiger partial charge in [-0.3, -0.25) is 4.79 Å². The van der Waals surface area contributed by atoms with Crippen LogP contribution in [0, 0.1) is 5.82 Å². The van der Waals surface area contributed by atoms with Gasteiger partial charge >= 0.3 is 0 Å². The number of methoxy groups -OCH3 is 1. The van der Waals surface area contributed by atoms with Crippen LogP contribution in [-0.4, -0.2) is 12.1 Å². The van der Waals surface area contributed by atoms with E-state index in [0.717, 1.165) is 0 Å². The van der Waals surface area contributed by atoms with E-state index in [4.69, 9.17) is 4.74 Å². The summed E-state index contributed by atoms with van der Waals surface area (Å²) in [6.07, 6.45) is 0.624. The molecule has 1 aromatic heterocycles. The number of hydrogen-bond donors (Lipinski definition) is 1. The number of aryl methyl sites for hydroxylation is 1. The molecule has 4 heteroatoms. The zero-order chi connectivity index (χ0) is 11.7. The molecule has 0 aliphatic heterocycles. The van der Waals surface area contributed by atoms with E-state index in [1.54, 1.807) is 18.2 Å². The number of hydrogen-bond acceptors (Lipinski definition) is 2. The van der Waals surface area contributed by atoms with Gasteiger partial charge in [0, 0.05) is 10.9 Å². The summed E-state index contributed by atoms with van der Waals surface area (Å²) in [5, 5.41) is 0.676. The first kappa shape index (κ1) is 10.7. The molecule has 1 heterocycles. The number of nitrogens with one attached hydrogen (secondary N) is 1. The Bertz CT molecular complexity index is 589. The van der Waals surface area contributed by atoms with Crippen molar-refractivity contribution in [2.24, 2.45) is 0 Å². The van der Waals surface area contributed by atoms with Crippen molar-refractivity contribution in [2.45, 2.75) is 13.3 Å². The minimum absolute atomic E-state index is 0.132. The van der Waals surface area contributed by atoms with Crippen molar-refractivity contribution < 1.29 is 9.13 Å². The number of ether oxygens (including phenoxy) is 1. The summed E-state index contributed by atoms with van der Waals surface area (Å²) in [4.78, 5) is 14.1. The lowest BCUT2D eigenvalue weighted by atomic mass is 10.1. The van der Waals surface area contributed by atoms with E-state index in [2.05, 4.69) is 4.98 Å². The van der Waals surface area contributed by atoms with E-state index in [9.17, 15) is 9.18 Å². The van der Waals surface area contributed by atoms with Gasteiger partial charge in [0.2, 0.25) is 0 Å². The molecule has 0 atom stereocenters. The molecule has 0 spiro atoms. The molecule has 0 aliphatic rings. The van der Waals surface area contributed by atoms with E-state index in [0.29, 0.717) is 17.4 Å². The van der Waals surface area contributed by atoms with E-state index in [-0.39, 0.29) is 16.8 Å². The van der Waals surface area contributed by atoms with Crippen LogP contribution in [0.5, 0.6) is 5.75 Å². The lowest BCUT2D eigenvalue weighted by molar-refractivity contribution is 0.388. The van der Waals surface area contributed by atoms with Gasteiger partial charge in [0.25, 0.3) is 5.56 Å². The average Bonchev–Trinajstić information content (AvgIpc) is 2.30. The van der Waals surface area contributed by atoms with Crippen LogP contribution in [0.25, 0.3) is 10.9 Å². The van der Waals surface area contributed by atoms with Crippen LogP contribution in [0.4, 0.5) is 4.39 Å². The minimum atomic E-state index is -0.528. The predicted molar refractivity (Wildman–Crippen MR) is 60.5 cm³/mol. The summed E-state index contributed by atoms with van der Waals surface area (Å²) in [7, 11) is 1.39. The smallest absolute Gasteiger partial charge is 0.251 e. The molecule has 0 bridgehead atoms. The molecule has 0 saturated carbocycles. The number of benzene rings is 1. The second-order valence-corrected chi connectivity index (χ2v) is 3.52. The maximum atomic E-state index is 13.8. The lowest BCUT2D eigenvalue weighted by Crippen LogP contribution is -2.12. The fourth-order valence-electron chi connectivity index (χ4n) is 1.69. The second-order valence-electron chi connectivity index (χ2n) is 3.52. The molecule has 2 aromatic rings. The Kier molecular flexibility index (Phi) is 2.64. The highest BCUT2D eigenvalue weighted by atomic mass is 19.1. The number of rotatable bonds is 2. The van der Waals surface area contributed by atoms with Gasteiger partial charge in [0.05, 0.1) is 12.6 Å². The van der Waals surface area contributed by atoms with Crippen molar-refractivity contribution in [3.8, 4) is 5.75 Å². The van der Waals surface area contributed by atoms with Gasteiger partial charge in [-0.25, -0.2) is 4.39 Å². The monoisotopic (exact) mass is 221 g/mol. The van der Waals surface area contributed by atoms with Crippen LogP contribution in [0.1, 0.15) is 12.5 Å². The Morgan fingerprint density at radius 2 is 2.19 bits per heavy atom. The maximum Gasteiger partial charge on any atom is 0.251 e. The van der Waals surface area contributed by atoms with Crippen LogP contribution in [0.15, 0.2) is 23.0 Å². The number of pyridine rings is 1. The van der Waals surface area contributed by atoms with Crippen LogP contribution in [-0.2, 0) is 6.42 Å². The number of aromatic amines is 1. The first-order valence-electron chi connectivity index (χ1n) is 5.05. The molecule has 0 fully saturated rings. The third kappa shape index (κ3) is 1.56. The minimum Gasteiger partial charge on any atom is -0.494 e. The van der Waals surface area contributed by atoms with Crippen molar-refractivity contribution >= 4 is 10.9 Å². The molecule has 0 saturated heterocycles. The van der Waals surface area contributed by atoms with Crippen LogP contribution in [0.2, 0.25) is 0 Å². The molecule has 2 rings (SSSR count). The van der Waals surface area contributed by atoms with Gasteiger partial charge < -0.3 is 9.72 Å². The van der Waals surface area contributed by atoms with Gasteiger partial charge in [0.1, 0.15) is 0 Å². The number of H-pyrrole nitrogens is 1. The largest absolute Gasteiger partial charge is 0.494 e. The second kappa shape index (κ2) is 3.96. The van der Waals surface area contributed by atoms with Crippen molar-refractivity contribution in [3.63, 3.8) is 0 Å². The summed E-state index contributed by atoms with van der Waals surface area (Å²) in [6, 6.07) is 4.98. The Morgan fingerprint density at radius 3 is 2.81 bits per heavy atom. The number of aromatic nitrogens is 1. The highest BCUT2D eigenvalue weighted by Gasteiger charge is 2.10. The van der Waals surface area contributed by atoms with Crippen molar-refractivity contribution in [3.05, 3.63) is 39.9 Å². The Labute approximate surface area is 91.9 Å².